The van der Waals surface area contributed by atoms with Gasteiger partial charge in [-0.25, -0.2) is 4.79 Å². The van der Waals surface area contributed by atoms with Crippen LogP contribution in [-0.4, -0.2) is 65.7 Å². The van der Waals surface area contributed by atoms with E-state index in [2.05, 4.69) is 15.5 Å². The molecule has 6 nitrogen and oxygen atoms in total. The maximum Gasteiger partial charge on any atom is 0.315 e. The van der Waals surface area contributed by atoms with Crippen molar-refractivity contribution in [2.75, 3.05) is 37.7 Å². The Morgan fingerprint density at radius 1 is 1.32 bits per heavy atom. The maximum atomic E-state index is 11.6. The Bertz CT molecular complexity index is 309. The Hall–Kier alpha value is -0.950. The third-order valence-corrected chi connectivity index (χ3v) is 4.26. The SMILES string of the molecule is CC(NC(=O)NCCN1CCSCC1)C(C)C(=O)O. The summed E-state index contributed by atoms with van der Waals surface area (Å²) in [7, 11) is 0. The molecule has 1 heterocycles. The van der Waals surface area contributed by atoms with Crippen LogP contribution >= 0.6 is 11.8 Å². The number of hydrogen-bond acceptors (Lipinski definition) is 4. The van der Waals surface area contributed by atoms with Crippen molar-refractivity contribution in [1.82, 2.24) is 15.5 Å². The van der Waals surface area contributed by atoms with Crippen LogP contribution in [0.2, 0.25) is 0 Å². The summed E-state index contributed by atoms with van der Waals surface area (Å²) in [5, 5.41) is 14.2. The molecule has 0 aromatic rings. The average Bonchev–Trinajstić information content (AvgIpc) is 2.38. The minimum absolute atomic E-state index is 0.299. The van der Waals surface area contributed by atoms with Crippen LogP contribution in [0.4, 0.5) is 4.79 Å². The van der Waals surface area contributed by atoms with Gasteiger partial charge in [-0.1, -0.05) is 0 Å². The molecule has 0 aromatic carbocycles. The van der Waals surface area contributed by atoms with Crippen molar-refractivity contribution >= 4 is 23.8 Å². The number of carbonyl (C=O) groups is 2. The van der Waals surface area contributed by atoms with Crippen LogP contribution in [0.3, 0.4) is 0 Å². The van der Waals surface area contributed by atoms with E-state index in [0.717, 1.165) is 31.1 Å². The summed E-state index contributed by atoms with van der Waals surface area (Å²) in [5.41, 5.74) is 0. The van der Waals surface area contributed by atoms with Gasteiger partial charge in [0.2, 0.25) is 0 Å². The van der Waals surface area contributed by atoms with Crippen molar-refractivity contribution in [3.63, 3.8) is 0 Å². The van der Waals surface area contributed by atoms with E-state index in [-0.39, 0.29) is 12.1 Å². The van der Waals surface area contributed by atoms with Gasteiger partial charge in [-0.3, -0.25) is 9.69 Å². The van der Waals surface area contributed by atoms with Gasteiger partial charge in [0.25, 0.3) is 0 Å². The third kappa shape index (κ3) is 6.15. The summed E-state index contributed by atoms with van der Waals surface area (Å²) in [5.74, 6) is 0.808. The van der Waals surface area contributed by atoms with E-state index in [0.29, 0.717) is 6.54 Å². The summed E-state index contributed by atoms with van der Waals surface area (Å²) in [6, 6.07) is -0.684. The zero-order valence-electron chi connectivity index (χ0n) is 11.5. The second kappa shape index (κ2) is 8.27. The number of aliphatic carboxylic acids is 1. The number of nitrogens with zero attached hydrogens (tertiary/aromatic N) is 1. The molecule has 0 saturated carbocycles. The van der Waals surface area contributed by atoms with Gasteiger partial charge in [-0.2, -0.15) is 11.8 Å². The molecular weight excluding hydrogens is 266 g/mol. The van der Waals surface area contributed by atoms with Gasteiger partial charge in [0.05, 0.1) is 5.92 Å². The number of rotatable bonds is 6. The highest BCUT2D eigenvalue weighted by Crippen LogP contribution is 2.07. The zero-order chi connectivity index (χ0) is 14.3. The van der Waals surface area contributed by atoms with Gasteiger partial charge < -0.3 is 15.7 Å². The molecule has 3 N–H and O–H groups in total. The van der Waals surface area contributed by atoms with Gasteiger partial charge in [0.15, 0.2) is 0 Å². The van der Waals surface area contributed by atoms with Crippen LogP contribution in [-0.2, 0) is 4.79 Å². The lowest BCUT2D eigenvalue weighted by Crippen LogP contribution is -2.47. The van der Waals surface area contributed by atoms with Gasteiger partial charge in [0.1, 0.15) is 0 Å². The highest BCUT2D eigenvalue weighted by molar-refractivity contribution is 7.99. The molecule has 0 aliphatic carbocycles. The summed E-state index contributed by atoms with van der Waals surface area (Å²) in [6.07, 6.45) is 0. The van der Waals surface area contributed by atoms with Crippen molar-refractivity contribution in [2.45, 2.75) is 19.9 Å². The number of nitrogens with one attached hydrogen (secondary N) is 2. The Kier molecular flexibility index (Phi) is 7.01. The predicted molar refractivity (Wildman–Crippen MR) is 76.6 cm³/mol. The van der Waals surface area contributed by atoms with E-state index in [1.807, 2.05) is 11.8 Å². The van der Waals surface area contributed by atoms with Gasteiger partial charge in [0, 0.05) is 43.7 Å². The molecule has 2 amide bonds. The Morgan fingerprint density at radius 3 is 2.53 bits per heavy atom. The van der Waals surface area contributed by atoms with Crippen molar-refractivity contribution in [2.24, 2.45) is 5.92 Å². The number of urea groups is 1. The van der Waals surface area contributed by atoms with Crippen LogP contribution in [0.15, 0.2) is 0 Å². The highest BCUT2D eigenvalue weighted by Gasteiger charge is 2.20. The fourth-order valence-corrected chi connectivity index (χ4v) is 2.73. The lowest BCUT2D eigenvalue weighted by Gasteiger charge is -2.26. The van der Waals surface area contributed by atoms with E-state index in [1.54, 1.807) is 13.8 Å². The molecule has 2 atom stereocenters. The molecule has 7 heteroatoms. The van der Waals surface area contributed by atoms with Gasteiger partial charge in [-0.05, 0) is 13.8 Å². The first-order chi connectivity index (χ1) is 9.00. The number of amides is 2. The molecule has 1 fully saturated rings. The summed E-state index contributed by atoms with van der Waals surface area (Å²) < 4.78 is 0. The number of carbonyl (C=O) groups excluding carboxylic acids is 1. The first kappa shape index (κ1) is 16.1. The molecule has 1 aliphatic heterocycles. The molecule has 0 aromatic heterocycles. The first-order valence-electron chi connectivity index (χ1n) is 6.58. The van der Waals surface area contributed by atoms with Crippen molar-refractivity contribution in [1.29, 1.82) is 0 Å². The molecule has 0 bridgehead atoms. The van der Waals surface area contributed by atoms with Crippen LogP contribution in [0.25, 0.3) is 0 Å². The predicted octanol–water partition coefficient (Wildman–Crippen LogP) is 0.444. The molecule has 0 radical (unpaired) electrons. The highest BCUT2D eigenvalue weighted by atomic mass is 32.2. The topological polar surface area (TPSA) is 81.7 Å². The zero-order valence-corrected chi connectivity index (χ0v) is 12.3. The normalized spacial score (nSPS) is 19.5. The second-order valence-electron chi connectivity index (χ2n) is 4.77. The lowest BCUT2D eigenvalue weighted by molar-refractivity contribution is -0.141. The van der Waals surface area contributed by atoms with E-state index >= 15 is 0 Å². The van der Waals surface area contributed by atoms with E-state index in [4.69, 9.17) is 5.11 Å². The van der Waals surface area contributed by atoms with Crippen molar-refractivity contribution in [3.8, 4) is 0 Å². The van der Waals surface area contributed by atoms with Gasteiger partial charge in [-0.15, -0.1) is 0 Å². The smallest absolute Gasteiger partial charge is 0.315 e. The van der Waals surface area contributed by atoms with Crippen LogP contribution in [0, 0.1) is 5.92 Å². The Morgan fingerprint density at radius 2 is 1.95 bits per heavy atom. The fraction of sp³-hybridized carbons (Fsp3) is 0.833. The molecule has 110 valence electrons. The van der Waals surface area contributed by atoms with E-state index in [9.17, 15) is 9.59 Å². The van der Waals surface area contributed by atoms with Crippen LogP contribution in [0.1, 0.15) is 13.8 Å². The fourth-order valence-electron chi connectivity index (χ4n) is 1.75. The monoisotopic (exact) mass is 289 g/mol. The molecule has 2 unspecified atom stereocenters. The number of carboxylic acids is 1. The minimum Gasteiger partial charge on any atom is -0.481 e. The van der Waals surface area contributed by atoms with Crippen molar-refractivity contribution < 1.29 is 14.7 Å². The largest absolute Gasteiger partial charge is 0.481 e. The quantitative estimate of drug-likeness (QED) is 0.661. The molecule has 0 spiro atoms. The Labute approximate surface area is 118 Å². The molecule has 19 heavy (non-hydrogen) atoms. The van der Waals surface area contributed by atoms with Crippen LogP contribution < -0.4 is 10.6 Å². The Balaban J connectivity index is 2.15. The van der Waals surface area contributed by atoms with E-state index in [1.165, 1.54) is 0 Å². The summed E-state index contributed by atoms with van der Waals surface area (Å²) in [6.45, 7) is 6.85. The maximum absolute atomic E-state index is 11.6. The summed E-state index contributed by atoms with van der Waals surface area (Å²) in [4.78, 5) is 24.7. The van der Waals surface area contributed by atoms with Crippen LogP contribution in [0.5, 0.6) is 0 Å². The molecule has 1 saturated heterocycles. The van der Waals surface area contributed by atoms with E-state index < -0.39 is 11.9 Å². The second-order valence-corrected chi connectivity index (χ2v) is 5.99. The molecule has 1 aliphatic rings. The third-order valence-electron chi connectivity index (χ3n) is 3.32. The van der Waals surface area contributed by atoms with Gasteiger partial charge >= 0.3 is 12.0 Å². The average molecular weight is 289 g/mol. The lowest BCUT2D eigenvalue weighted by atomic mass is 10.0. The summed E-state index contributed by atoms with van der Waals surface area (Å²) >= 11 is 1.96. The molecule has 1 rings (SSSR count). The number of hydrogen-bond donors (Lipinski definition) is 3. The first-order valence-corrected chi connectivity index (χ1v) is 7.73. The molecular formula is C12H23N3O3S. The minimum atomic E-state index is -0.904. The number of thioether (sulfide) groups is 1. The number of carboxylic acid groups (broad SMARTS) is 1. The standard InChI is InChI=1S/C12H23N3O3S/c1-9(11(16)17)10(2)14-12(18)13-3-4-15-5-7-19-8-6-15/h9-10H,3-8H2,1-2H3,(H,16,17)(H2,13,14,18). The van der Waals surface area contributed by atoms with Crippen molar-refractivity contribution in [3.05, 3.63) is 0 Å².